The third-order valence-electron chi connectivity index (χ3n) is 3.04. The van der Waals surface area contributed by atoms with Gasteiger partial charge in [-0.2, -0.15) is 0 Å². The Morgan fingerprint density at radius 2 is 2.18 bits per heavy atom. The summed E-state index contributed by atoms with van der Waals surface area (Å²) in [7, 11) is 0. The van der Waals surface area contributed by atoms with E-state index in [0.717, 1.165) is 29.7 Å². The third kappa shape index (κ3) is 3.50. The Morgan fingerprint density at radius 3 is 2.88 bits per heavy atom. The van der Waals surface area contributed by atoms with E-state index < -0.39 is 0 Å². The fourth-order valence-corrected chi connectivity index (χ4v) is 2.64. The smallest absolute Gasteiger partial charge is 0.124 e. The third-order valence-corrected chi connectivity index (χ3v) is 3.50. The summed E-state index contributed by atoms with van der Waals surface area (Å²) >= 11 is 3.32. The van der Waals surface area contributed by atoms with Crippen molar-refractivity contribution in [2.45, 2.75) is 32.5 Å². The molecular weight excluding hydrogens is 285 g/mol. The number of hydrogen-bond acceptors (Lipinski definition) is 2. The predicted octanol–water partition coefficient (Wildman–Crippen LogP) is 3.20. The highest BCUT2D eigenvalue weighted by atomic mass is 79.9. The fourth-order valence-electron chi connectivity index (χ4n) is 2.13. The Hall–Kier alpha value is -0.450. The molecule has 1 aliphatic rings. The number of rotatable bonds is 2. The summed E-state index contributed by atoms with van der Waals surface area (Å²) < 4.78 is 19.7. The van der Waals surface area contributed by atoms with E-state index in [1.807, 2.05) is 6.07 Å². The SMILES string of the molecule is CC1CN(Cc2cc(F)cc(Br)c2)C(C)CO1. The second-order valence-corrected chi connectivity index (χ2v) is 5.62. The number of ether oxygens (including phenoxy) is 1. The van der Waals surface area contributed by atoms with Gasteiger partial charge in [-0.3, -0.25) is 4.90 Å². The van der Waals surface area contributed by atoms with Crippen LogP contribution in [-0.2, 0) is 11.3 Å². The molecule has 1 saturated heterocycles. The Kier molecular flexibility index (Phi) is 4.17. The van der Waals surface area contributed by atoms with Crippen molar-refractivity contribution in [1.82, 2.24) is 4.90 Å². The first kappa shape index (κ1) is 13.0. The molecule has 0 aromatic heterocycles. The molecule has 1 aliphatic heterocycles. The van der Waals surface area contributed by atoms with Crippen LogP contribution in [0.2, 0.25) is 0 Å². The summed E-state index contributed by atoms with van der Waals surface area (Å²) in [6.45, 7) is 6.62. The van der Waals surface area contributed by atoms with Gasteiger partial charge in [0.15, 0.2) is 0 Å². The van der Waals surface area contributed by atoms with Crippen molar-refractivity contribution >= 4 is 15.9 Å². The lowest BCUT2D eigenvalue weighted by Crippen LogP contribution is -2.46. The van der Waals surface area contributed by atoms with Gasteiger partial charge in [0.25, 0.3) is 0 Å². The lowest BCUT2D eigenvalue weighted by Gasteiger charge is -2.36. The number of nitrogens with zero attached hydrogens (tertiary/aromatic N) is 1. The van der Waals surface area contributed by atoms with Crippen molar-refractivity contribution in [3.63, 3.8) is 0 Å². The highest BCUT2D eigenvalue weighted by molar-refractivity contribution is 9.10. The Balaban J connectivity index is 2.08. The van der Waals surface area contributed by atoms with E-state index in [-0.39, 0.29) is 11.9 Å². The summed E-state index contributed by atoms with van der Waals surface area (Å²) in [5.74, 6) is -0.191. The molecule has 1 heterocycles. The van der Waals surface area contributed by atoms with Crippen molar-refractivity contribution in [2.75, 3.05) is 13.2 Å². The van der Waals surface area contributed by atoms with Crippen LogP contribution in [-0.4, -0.2) is 30.2 Å². The van der Waals surface area contributed by atoms with Crippen LogP contribution in [0.15, 0.2) is 22.7 Å². The van der Waals surface area contributed by atoms with Gasteiger partial charge in [0.2, 0.25) is 0 Å². The van der Waals surface area contributed by atoms with Crippen molar-refractivity contribution in [3.05, 3.63) is 34.1 Å². The van der Waals surface area contributed by atoms with E-state index in [0.29, 0.717) is 6.04 Å². The second-order valence-electron chi connectivity index (χ2n) is 4.70. The van der Waals surface area contributed by atoms with Crippen molar-refractivity contribution in [3.8, 4) is 0 Å². The number of hydrogen-bond donors (Lipinski definition) is 0. The van der Waals surface area contributed by atoms with Crippen LogP contribution in [0.25, 0.3) is 0 Å². The van der Waals surface area contributed by atoms with E-state index in [2.05, 4.69) is 34.7 Å². The molecule has 0 spiro atoms. The molecule has 2 atom stereocenters. The molecule has 0 saturated carbocycles. The topological polar surface area (TPSA) is 12.5 Å². The molecule has 1 aromatic rings. The van der Waals surface area contributed by atoms with E-state index in [1.165, 1.54) is 6.07 Å². The number of benzene rings is 1. The molecule has 1 aromatic carbocycles. The average molecular weight is 302 g/mol. The normalized spacial score (nSPS) is 26.1. The zero-order chi connectivity index (χ0) is 12.4. The molecule has 4 heteroatoms. The van der Waals surface area contributed by atoms with Crippen molar-refractivity contribution in [2.24, 2.45) is 0 Å². The summed E-state index contributed by atoms with van der Waals surface area (Å²) in [4.78, 5) is 2.33. The van der Waals surface area contributed by atoms with Gasteiger partial charge in [-0.25, -0.2) is 4.39 Å². The first-order chi connectivity index (χ1) is 8.04. The van der Waals surface area contributed by atoms with Gasteiger partial charge in [-0.15, -0.1) is 0 Å². The highest BCUT2D eigenvalue weighted by Crippen LogP contribution is 2.19. The molecule has 0 aliphatic carbocycles. The minimum Gasteiger partial charge on any atom is -0.376 e. The maximum Gasteiger partial charge on any atom is 0.124 e. The molecule has 1 fully saturated rings. The van der Waals surface area contributed by atoms with E-state index in [4.69, 9.17) is 4.74 Å². The quantitative estimate of drug-likeness (QED) is 0.832. The van der Waals surface area contributed by atoms with E-state index >= 15 is 0 Å². The maximum absolute atomic E-state index is 13.3. The molecule has 0 amide bonds. The largest absolute Gasteiger partial charge is 0.376 e. The van der Waals surface area contributed by atoms with Crippen molar-refractivity contribution < 1.29 is 9.13 Å². The Bertz CT molecular complexity index is 379. The van der Waals surface area contributed by atoms with Crippen LogP contribution in [0.4, 0.5) is 4.39 Å². The minimum absolute atomic E-state index is 0.191. The van der Waals surface area contributed by atoms with Gasteiger partial charge >= 0.3 is 0 Å². The van der Waals surface area contributed by atoms with Crippen LogP contribution in [0.1, 0.15) is 19.4 Å². The Morgan fingerprint density at radius 1 is 1.41 bits per heavy atom. The lowest BCUT2D eigenvalue weighted by atomic mass is 10.1. The molecule has 2 rings (SSSR count). The van der Waals surface area contributed by atoms with Crippen LogP contribution >= 0.6 is 15.9 Å². The van der Waals surface area contributed by atoms with Gasteiger partial charge < -0.3 is 4.74 Å². The zero-order valence-electron chi connectivity index (χ0n) is 10.1. The Labute approximate surface area is 110 Å². The molecule has 0 N–H and O–H groups in total. The van der Waals surface area contributed by atoms with Crippen LogP contribution in [0, 0.1) is 5.82 Å². The zero-order valence-corrected chi connectivity index (χ0v) is 11.7. The van der Waals surface area contributed by atoms with Crippen LogP contribution in [0.3, 0.4) is 0 Å². The highest BCUT2D eigenvalue weighted by Gasteiger charge is 2.23. The van der Waals surface area contributed by atoms with E-state index in [9.17, 15) is 4.39 Å². The van der Waals surface area contributed by atoms with Gasteiger partial charge in [0.05, 0.1) is 12.7 Å². The van der Waals surface area contributed by atoms with Crippen LogP contribution < -0.4 is 0 Å². The summed E-state index contributed by atoms with van der Waals surface area (Å²) in [6.07, 6.45) is 0.253. The minimum atomic E-state index is -0.191. The first-order valence-electron chi connectivity index (χ1n) is 5.85. The summed E-state index contributed by atoms with van der Waals surface area (Å²) in [5.41, 5.74) is 0.998. The standard InChI is InChI=1S/C13H17BrFNO/c1-9-8-17-10(2)6-16(9)7-11-3-12(14)5-13(15)4-11/h3-5,9-10H,6-8H2,1-2H3. The molecular formula is C13H17BrFNO. The number of morpholine rings is 1. The molecule has 2 unspecified atom stereocenters. The maximum atomic E-state index is 13.3. The van der Waals surface area contributed by atoms with E-state index in [1.54, 1.807) is 6.07 Å². The summed E-state index contributed by atoms with van der Waals surface area (Å²) in [5, 5.41) is 0. The first-order valence-corrected chi connectivity index (χ1v) is 6.64. The molecule has 2 nitrogen and oxygen atoms in total. The van der Waals surface area contributed by atoms with Gasteiger partial charge in [-0.1, -0.05) is 15.9 Å². The number of halogens is 2. The van der Waals surface area contributed by atoms with Gasteiger partial charge in [-0.05, 0) is 37.6 Å². The molecule has 0 radical (unpaired) electrons. The van der Waals surface area contributed by atoms with Gasteiger partial charge in [0, 0.05) is 23.6 Å². The summed E-state index contributed by atoms with van der Waals surface area (Å²) in [6, 6.07) is 5.43. The van der Waals surface area contributed by atoms with Crippen molar-refractivity contribution in [1.29, 1.82) is 0 Å². The lowest BCUT2D eigenvalue weighted by molar-refractivity contribution is -0.0526. The molecule has 17 heavy (non-hydrogen) atoms. The molecule has 0 bridgehead atoms. The van der Waals surface area contributed by atoms with Crippen LogP contribution in [0.5, 0.6) is 0 Å². The van der Waals surface area contributed by atoms with Gasteiger partial charge in [0.1, 0.15) is 5.82 Å². The fraction of sp³-hybridized carbons (Fsp3) is 0.538. The second kappa shape index (κ2) is 5.46. The average Bonchev–Trinajstić information content (AvgIpc) is 2.22. The predicted molar refractivity (Wildman–Crippen MR) is 69.4 cm³/mol. The molecule has 94 valence electrons. The monoisotopic (exact) mass is 301 g/mol.